The molecule has 0 unspecified atom stereocenters. The summed E-state index contributed by atoms with van der Waals surface area (Å²) in [6, 6.07) is 7.93. The minimum absolute atomic E-state index is 0.0213. The maximum absolute atomic E-state index is 12.8. The molecule has 3 heterocycles. The van der Waals surface area contributed by atoms with E-state index in [4.69, 9.17) is 23.8 Å². The van der Waals surface area contributed by atoms with Crippen molar-refractivity contribution in [3.05, 3.63) is 34.9 Å². The Morgan fingerprint density at radius 3 is 2.60 bits per heavy atom. The summed E-state index contributed by atoms with van der Waals surface area (Å²) in [5, 5.41) is 4.17. The Kier molecular flexibility index (Phi) is 6.44. The van der Waals surface area contributed by atoms with Gasteiger partial charge in [-0.1, -0.05) is 23.7 Å². The number of nitrogens with zero attached hydrogens (tertiary/aromatic N) is 1. The third-order valence-corrected chi connectivity index (χ3v) is 6.90. The number of rotatable bonds is 4. The number of fused-ring (bicyclic) bond motifs is 3. The molecule has 3 saturated heterocycles. The SMILES string of the molecule is CNC(=S)NNC(=O)[C@H]1C2CCN(CC2)[C@@H]1SCc1ccc(Cl)cc1. The van der Waals surface area contributed by atoms with E-state index >= 15 is 0 Å². The molecule has 3 fully saturated rings. The first-order valence-electron chi connectivity index (χ1n) is 8.46. The maximum Gasteiger partial charge on any atom is 0.244 e. The normalized spacial score (nSPS) is 27.6. The van der Waals surface area contributed by atoms with Gasteiger partial charge in [-0.2, -0.15) is 0 Å². The minimum Gasteiger partial charge on any atom is -0.364 e. The molecule has 0 aromatic heterocycles. The lowest BCUT2D eigenvalue weighted by Crippen LogP contribution is -2.60. The number of carbonyl (C=O) groups is 1. The lowest BCUT2D eigenvalue weighted by Gasteiger charge is -2.49. The lowest BCUT2D eigenvalue weighted by molar-refractivity contribution is -0.132. The minimum atomic E-state index is -0.0213. The van der Waals surface area contributed by atoms with E-state index in [-0.39, 0.29) is 17.2 Å². The third kappa shape index (κ3) is 4.58. The predicted molar refractivity (Wildman–Crippen MR) is 107 cm³/mol. The Hall–Kier alpha value is -1.02. The predicted octanol–water partition coefficient (Wildman–Crippen LogP) is 2.37. The van der Waals surface area contributed by atoms with Crippen LogP contribution in [0.2, 0.25) is 5.02 Å². The van der Waals surface area contributed by atoms with Crippen LogP contribution >= 0.6 is 35.6 Å². The summed E-state index contributed by atoms with van der Waals surface area (Å²) in [7, 11) is 1.72. The standard InChI is InChI=1S/C17H23ClN4OS2/c1-19-17(24)21-20-15(23)14-12-6-8-22(9-7-12)16(14)25-10-11-2-4-13(18)5-3-11/h2-5,12,14,16H,6-10H2,1H3,(H,20,23)(H2,19,21,24)/t14-,16-/m1/s1. The molecule has 0 saturated carbocycles. The highest BCUT2D eigenvalue weighted by Gasteiger charge is 2.46. The quantitative estimate of drug-likeness (QED) is 0.534. The molecule has 1 aromatic carbocycles. The van der Waals surface area contributed by atoms with Gasteiger partial charge in [0.1, 0.15) is 0 Å². The Bertz CT molecular complexity index is 620. The second kappa shape index (κ2) is 8.58. The number of thiocarbonyl (C=S) groups is 1. The lowest BCUT2D eigenvalue weighted by atomic mass is 9.78. The van der Waals surface area contributed by atoms with Crippen LogP contribution in [0.4, 0.5) is 0 Å². The first-order valence-corrected chi connectivity index (χ1v) is 10.3. The van der Waals surface area contributed by atoms with Crippen molar-refractivity contribution in [2.45, 2.75) is 24.0 Å². The van der Waals surface area contributed by atoms with E-state index in [0.29, 0.717) is 11.0 Å². The van der Waals surface area contributed by atoms with Crippen LogP contribution in [-0.4, -0.2) is 41.4 Å². The number of amides is 1. The van der Waals surface area contributed by atoms with Crippen molar-refractivity contribution in [3.63, 3.8) is 0 Å². The van der Waals surface area contributed by atoms with Crippen LogP contribution in [0.3, 0.4) is 0 Å². The van der Waals surface area contributed by atoms with Gasteiger partial charge in [-0.3, -0.25) is 20.5 Å². The molecule has 2 atom stereocenters. The molecule has 25 heavy (non-hydrogen) atoms. The summed E-state index contributed by atoms with van der Waals surface area (Å²) in [6.07, 6.45) is 2.18. The van der Waals surface area contributed by atoms with Crippen LogP contribution in [0.25, 0.3) is 0 Å². The maximum atomic E-state index is 12.8. The topological polar surface area (TPSA) is 56.4 Å². The number of hydrazine groups is 1. The van der Waals surface area contributed by atoms with E-state index in [2.05, 4.69) is 21.1 Å². The van der Waals surface area contributed by atoms with Crippen LogP contribution in [0.5, 0.6) is 0 Å². The van der Waals surface area contributed by atoms with Gasteiger partial charge in [-0.15, -0.1) is 11.8 Å². The number of hydrogen-bond acceptors (Lipinski definition) is 4. The molecule has 136 valence electrons. The summed E-state index contributed by atoms with van der Waals surface area (Å²) in [6.45, 7) is 2.16. The number of benzene rings is 1. The van der Waals surface area contributed by atoms with E-state index in [1.54, 1.807) is 7.05 Å². The highest BCUT2D eigenvalue weighted by Crippen LogP contribution is 2.42. The smallest absolute Gasteiger partial charge is 0.244 e. The Balaban J connectivity index is 1.65. The number of carbonyl (C=O) groups excluding carboxylic acids is 1. The summed E-state index contributed by atoms with van der Waals surface area (Å²) in [4.78, 5) is 15.2. The van der Waals surface area contributed by atoms with Crippen LogP contribution in [0, 0.1) is 11.8 Å². The average Bonchev–Trinajstić information content (AvgIpc) is 2.65. The summed E-state index contributed by atoms with van der Waals surface area (Å²) >= 11 is 12.8. The Morgan fingerprint density at radius 1 is 1.28 bits per heavy atom. The van der Waals surface area contributed by atoms with Crippen molar-refractivity contribution in [2.24, 2.45) is 11.8 Å². The van der Waals surface area contributed by atoms with Gasteiger partial charge < -0.3 is 5.32 Å². The van der Waals surface area contributed by atoms with E-state index in [1.807, 2.05) is 36.0 Å². The van der Waals surface area contributed by atoms with Gasteiger partial charge in [0.05, 0.1) is 11.3 Å². The molecule has 8 heteroatoms. The summed E-state index contributed by atoms with van der Waals surface area (Å²) < 4.78 is 0. The van der Waals surface area contributed by atoms with Crippen LogP contribution in [-0.2, 0) is 10.5 Å². The summed E-state index contributed by atoms with van der Waals surface area (Å²) in [5.74, 6) is 1.32. The summed E-state index contributed by atoms with van der Waals surface area (Å²) in [5.41, 5.74) is 6.77. The molecule has 3 aliphatic heterocycles. The van der Waals surface area contributed by atoms with E-state index in [1.165, 1.54) is 5.56 Å². The molecule has 4 rings (SSSR count). The molecule has 1 amide bonds. The molecular formula is C17H23ClN4OS2. The van der Waals surface area contributed by atoms with Gasteiger partial charge in [0.15, 0.2) is 5.11 Å². The van der Waals surface area contributed by atoms with E-state index < -0.39 is 0 Å². The Morgan fingerprint density at radius 2 is 1.96 bits per heavy atom. The van der Waals surface area contributed by atoms with Crippen molar-refractivity contribution >= 4 is 46.6 Å². The zero-order valence-electron chi connectivity index (χ0n) is 14.1. The van der Waals surface area contributed by atoms with Crippen molar-refractivity contribution in [1.82, 2.24) is 21.1 Å². The Labute approximate surface area is 163 Å². The van der Waals surface area contributed by atoms with Crippen molar-refractivity contribution < 1.29 is 4.79 Å². The first kappa shape index (κ1) is 18.8. The van der Waals surface area contributed by atoms with Gasteiger partial charge in [0.25, 0.3) is 0 Å². The second-order valence-corrected chi connectivity index (χ2v) is 8.37. The third-order valence-electron chi connectivity index (χ3n) is 4.91. The fourth-order valence-corrected chi connectivity index (χ4v) is 5.28. The van der Waals surface area contributed by atoms with Crippen LogP contribution in [0.1, 0.15) is 18.4 Å². The van der Waals surface area contributed by atoms with E-state index in [0.717, 1.165) is 36.7 Å². The van der Waals surface area contributed by atoms with Gasteiger partial charge in [0.2, 0.25) is 5.91 Å². The van der Waals surface area contributed by atoms with Crippen LogP contribution < -0.4 is 16.2 Å². The fraction of sp³-hybridized carbons (Fsp3) is 0.529. The van der Waals surface area contributed by atoms with E-state index in [9.17, 15) is 4.79 Å². The number of hydrogen-bond donors (Lipinski definition) is 3. The van der Waals surface area contributed by atoms with Crippen molar-refractivity contribution in [3.8, 4) is 0 Å². The average molecular weight is 399 g/mol. The highest BCUT2D eigenvalue weighted by atomic mass is 35.5. The molecule has 0 spiro atoms. The van der Waals surface area contributed by atoms with Gasteiger partial charge >= 0.3 is 0 Å². The molecular weight excluding hydrogens is 376 g/mol. The van der Waals surface area contributed by atoms with Crippen molar-refractivity contribution in [2.75, 3.05) is 20.1 Å². The fourth-order valence-electron chi connectivity index (χ4n) is 3.57. The number of thioether (sulfide) groups is 1. The molecule has 2 bridgehead atoms. The molecule has 0 radical (unpaired) electrons. The van der Waals surface area contributed by atoms with Crippen LogP contribution in [0.15, 0.2) is 24.3 Å². The highest BCUT2D eigenvalue weighted by molar-refractivity contribution is 7.99. The molecule has 3 N–H and O–H groups in total. The second-order valence-electron chi connectivity index (χ2n) is 6.42. The zero-order chi connectivity index (χ0) is 17.8. The van der Waals surface area contributed by atoms with Gasteiger partial charge in [0, 0.05) is 17.8 Å². The zero-order valence-corrected chi connectivity index (χ0v) is 16.5. The molecule has 5 nitrogen and oxygen atoms in total. The number of halogens is 1. The van der Waals surface area contributed by atoms with Gasteiger partial charge in [-0.05, 0) is 61.8 Å². The van der Waals surface area contributed by atoms with Gasteiger partial charge in [-0.25, -0.2) is 0 Å². The first-order chi connectivity index (χ1) is 12.1. The molecule has 1 aromatic rings. The largest absolute Gasteiger partial charge is 0.364 e. The molecule has 0 aliphatic carbocycles. The monoisotopic (exact) mass is 398 g/mol. The van der Waals surface area contributed by atoms with Crippen molar-refractivity contribution in [1.29, 1.82) is 0 Å². The molecule has 3 aliphatic rings. The number of nitrogens with one attached hydrogen (secondary N) is 3. The number of piperidine rings is 3.